The maximum absolute atomic E-state index is 13.8. The molecule has 0 bridgehead atoms. The van der Waals surface area contributed by atoms with E-state index in [-0.39, 0.29) is 23.2 Å². The van der Waals surface area contributed by atoms with Gasteiger partial charge in [0.15, 0.2) is 11.4 Å². The minimum atomic E-state index is -2.70. The Hall–Kier alpha value is -3.70. The number of fused-ring (bicyclic) bond motifs is 3. The van der Waals surface area contributed by atoms with Gasteiger partial charge in [-0.1, -0.05) is 13.0 Å². The minimum absolute atomic E-state index is 0.00113. The second-order valence-electron chi connectivity index (χ2n) is 9.56. The molecule has 0 aliphatic heterocycles. The summed E-state index contributed by atoms with van der Waals surface area (Å²) in [5, 5.41) is 46.9. The van der Waals surface area contributed by atoms with Crippen LogP contribution >= 0.6 is 0 Å². The average molecular weight is 485 g/mol. The number of aromatic hydroxyl groups is 1. The maximum atomic E-state index is 13.8. The molecule has 1 aromatic carbocycles. The largest absolute Gasteiger partial charge is 0.508 e. The van der Waals surface area contributed by atoms with Gasteiger partial charge in [0.2, 0.25) is 11.7 Å². The first-order valence-electron chi connectivity index (χ1n) is 11.0. The second kappa shape index (κ2) is 7.92. The number of likely N-dealkylation sites (N-methyl/N-ethyl adjacent to an activating group) is 1. The molecule has 0 saturated heterocycles. The maximum Gasteiger partial charge on any atom is 0.255 e. The van der Waals surface area contributed by atoms with E-state index in [1.807, 2.05) is 0 Å². The van der Waals surface area contributed by atoms with Crippen molar-refractivity contribution in [1.82, 2.24) is 4.90 Å². The summed E-state index contributed by atoms with van der Waals surface area (Å²) in [6.45, 7) is 3.01. The molecule has 11 heteroatoms. The van der Waals surface area contributed by atoms with Crippen molar-refractivity contribution in [3.8, 4) is 5.75 Å². The zero-order valence-corrected chi connectivity index (χ0v) is 19.6. The normalized spacial score (nSPS) is 30.1. The molecule has 1 aromatic rings. The van der Waals surface area contributed by atoms with E-state index < -0.39 is 75.6 Å². The summed E-state index contributed by atoms with van der Waals surface area (Å²) in [4.78, 5) is 51.9. The van der Waals surface area contributed by atoms with Crippen LogP contribution in [0.15, 0.2) is 29.0 Å². The fourth-order valence-electron chi connectivity index (χ4n) is 5.83. The van der Waals surface area contributed by atoms with Crippen molar-refractivity contribution in [2.75, 3.05) is 19.4 Å². The first kappa shape index (κ1) is 24.4. The number of aliphatic hydroxyl groups is 3. The fourth-order valence-corrected chi connectivity index (χ4v) is 5.83. The topological polar surface area (TPSA) is 190 Å². The molecular weight excluding hydrogens is 458 g/mol. The first-order chi connectivity index (χ1) is 16.2. The lowest BCUT2D eigenvalue weighted by Gasteiger charge is -2.51. The van der Waals surface area contributed by atoms with Gasteiger partial charge in [-0.25, -0.2) is 0 Å². The van der Waals surface area contributed by atoms with Crippen molar-refractivity contribution in [3.63, 3.8) is 0 Å². The SMILES string of the molecule is CC(=O)Nc1ccc2c(c1O)C(O)=C1C(=O)[C@]3(O)C(O)=C(C(N)=O)C(=O)[C@@H](N(C)C)[C@@H]3CC1[C@H]2C. The van der Waals surface area contributed by atoms with Gasteiger partial charge >= 0.3 is 0 Å². The van der Waals surface area contributed by atoms with E-state index in [0.29, 0.717) is 5.56 Å². The van der Waals surface area contributed by atoms with E-state index in [4.69, 9.17) is 5.73 Å². The zero-order chi connectivity index (χ0) is 26.1. The molecule has 4 rings (SSSR count). The number of amides is 2. The highest BCUT2D eigenvalue weighted by Gasteiger charge is 2.64. The Labute approximate surface area is 200 Å². The summed E-state index contributed by atoms with van der Waals surface area (Å²) >= 11 is 0. The average Bonchev–Trinajstić information content (AvgIpc) is 2.75. The van der Waals surface area contributed by atoms with Crippen molar-refractivity contribution < 1.29 is 39.6 Å². The van der Waals surface area contributed by atoms with Crippen LogP contribution in [0.2, 0.25) is 0 Å². The molecule has 1 saturated carbocycles. The molecule has 11 nitrogen and oxygen atoms in total. The third-order valence-electron chi connectivity index (χ3n) is 7.41. The molecule has 5 atom stereocenters. The summed E-state index contributed by atoms with van der Waals surface area (Å²) in [5.74, 6) is -8.14. The van der Waals surface area contributed by atoms with Crippen LogP contribution in [-0.4, -0.2) is 74.4 Å². The summed E-state index contributed by atoms with van der Waals surface area (Å²) in [6.07, 6.45) is 0.00113. The van der Waals surface area contributed by atoms with Crippen LogP contribution in [0, 0.1) is 11.8 Å². The van der Waals surface area contributed by atoms with Crippen molar-refractivity contribution in [2.45, 2.75) is 37.8 Å². The van der Waals surface area contributed by atoms with Crippen molar-refractivity contribution >= 4 is 34.8 Å². The zero-order valence-electron chi connectivity index (χ0n) is 19.6. The highest BCUT2D eigenvalue weighted by Crippen LogP contribution is 2.56. The van der Waals surface area contributed by atoms with Crippen LogP contribution in [0.4, 0.5) is 5.69 Å². The Morgan fingerprint density at radius 2 is 1.80 bits per heavy atom. The lowest BCUT2D eigenvalue weighted by molar-refractivity contribution is -0.154. The number of benzene rings is 1. The van der Waals surface area contributed by atoms with Gasteiger partial charge in [-0.05, 0) is 44.0 Å². The number of phenolic OH excluding ortho intramolecular Hbond substituents is 1. The molecule has 186 valence electrons. The summed E-state index contributed by atoms with van der Waals surface area (Å²) in [6, 6.07) is 1.95. The van der Waals surface area contributed by atoms with Crippen molar-refractivity contribution in [2.24, 2.45) is 17.6 Å². The molecule has 1 fully saturated rings. The molecule has 0 spiro atoms. The van der Waals surface area contributed by atoms with Gasteiger partial charge < -0.3 is 31.5 Å². The predicted molar refractivity (Wildman–Crippen MR) is 123 cm³/mol. The van der Waals surface area contributed by atoms with Crippen molar-refractivity contribution in [1.29, 1.82) is 0 Å². The third kappa shape index (κ3) is 3.18. The molecular formula is C24H27N3O8. The van der Waals surface area contributed by atoms with E-state index in [0.717, 1.165) is 0 Å². The Balaban J connectivity index is 1.98. The number of carbonyl (C=O) groups excluding carboxylic acids is 4. The molecule has 0 aromatic heterocycles. The van der Waals surface area contributed by atoms with Crippen LogP contribution in [0.25, 0.3) is 5.76 Å². The van der Waals surface area contributed by atoms with Crippen LogP contribution in [0.3, 0.4) is 0 Å². The molecule has 1 unspecified atom stereocenters. The Kier molecular flexibility index (Phi) is 5.53. The molecule has 3 aliphatic carbocycles. The standard InChI is InChI=1S/C24H27N3O8/c1-8-10-5-6-13(26-9(2)28)18(29)14(10)19(30)15-11(8)7-12-17(27(3)4)20(31)16(23(25)34)22(33)24(12,35)21(15)32/h5-6,8,11-12,17,29-30,33,35H,7H2,1-4H3,(H2,25,34)(H,26,28)/t8-,11?,12-,17-,24-/m0/s1. The van der Waals surface area contributed by atoms with Crippen molar-refractivity contribution in [3.05, 3.63) is 40.2 Å². The first-order valence-corrected chi connectivity index (χ1v) is 11.0. The predicted octanol–water partition coefficient (Wildman–Crippen LogP) is 0.483. The van der Waals surface area contributed by atoms with Gasteiger partial charge in [-0.2, -0.15) is 0 Å². The smallest absolute Gasteiger partial charge is 0.255 e. The number of primary amides is 1. The molecule has 2 amide bonds. The fraction of sp³-hybridized carbons (Fsp3) is 0.417. The van der Waals surface area contributed by atoms with Gasteiger partial charge in [0.05, 0.1) is 17.3 Å². The number of carbonyl (C=O) groups is 4. The number of hydrogen-bond acceptors (Lipinski definition) is 9. The number of rotatable bonds is 3. The van der Waals surface area contributed by atoms with Crippen LogP contribution in [0.1, 0.15) is 37.3 Å². The highest BCUT2D eigenvalue weighted by molar-refractivity contribution is 6.24. The number of nitrogens with zero attached hydrogens (tertiary/aromatic N) is 1. The number of ketones is 2. The van der Waals surface area contributed by atoms with E-state index in [1.165, 1.54) is 17.9 Å². The van der Waals surface area contributed by atoms with Crippen LogP contribution in [-0.2, 0) is 19.2 Å². The Morgan fingerprint density at radius 1 is 1.17 bits per heavy atom. The van der Waals surface area contributed by atoms with Gasteiger partial charge in [0.1, 0.15) is 22.8 Å². The lowest BCUT2D eigenvalue weighted by Crippen LogP contribution is -2.65. The minimum Gasteiger partial charge on any atom is -0.508 e. The number of nitrogens with one attached hydrogen (secondary N) is 1. The quantitative estimate of drug-likeness (QED) is 0.261. The number of aliphatic hydroxyl groups excluding tert-OH is 2. The molecule has 7 N–H and O–H groups in total. The molecule has 0 radical (unpaired) electrons. The number of hydrogen-bond donors (Lipinski definition) is 6. The van der Waals surface area contributed by atoms with E-state index >= 15 is 0 Å². The Morgan fingerprint density at radius 3 is 2.34 bits per heavy atom. The number of nitrogens with two attached hydrogens (primary N) is 1. The summed E-state index contributed by atoms with van der Waals surface area (Å²) in [5.41, 5.74) is 1.93. The number of Topliss-reactive ketones (excluding diaryl/α,β-unsaturated/α-hetero) is 2. The van der Waals surface area contributed by atoms with E-state index in [1.54, 1.807) is 27.1 Å². The molecule has 3 aliphatic rings. The van der Waals surface area contributed by atoms with Gasteiger partial charge in [0, 0.05) is 18.4 Å². The Bertz CT molecular complexity index is 1260. The second-order valence-corrected chi connectivity index (χ2v) is 9.56. The summed E-state index contributed by atoms with van der Waals surface area (Å²) < 4.78 is 0. The highest BCUT2D eigenvalue weighted by atomic mass is 16.3. The number of phenols is 1. The van der Waals surface area contributed by atoms with E-state index in [9.17, 15) is 39.6 Å². The van der Waals surface area contributed by atoms with Crippen LogP contribution in [0.5, 0.6) is 5.75 Å². The molecule has 0 heterocycles. The van der Waals surface area contributed by atoms with Gasteiger partial charge in [-0.3, -0.25) is 24.1 Å². The van der Waals surface area contributed by atoms with Gasteiger partial charge in [-0.15, -0.1) is 0 Å². The van der Waals surface area contributed by atoms with E-state index in [2.05, 4.69) is 5.32 Å². The monoisotopic (exact) mass is 485 g/mol. The van der Waals surface area contributed by atoms with Gasteiger partial charge in [0.25, 0.3) is 5.91 Å². The third-order valence-corrected chi connectivity index (χ3v) is 7.41. The van der Waals surface area contributed by atoms with Crippen LogP contribution < -0.4 is 11.1 Å². The summed E-state index contributed by atoms with van der Waals surface area (Å²) in [7, 11) is 3.08. The molecule has 35 heavy (non-hydrogen) atoms. The lowest BCUT2D eigenvalue weighted by atomic mass is 9.55. The number of anilines is 1.